The Balaban J connectivity index is 2.24. The predicted octanol–water partition coefficient (Wildman–Crippen LogP) is 4.20. The van der Waals surface area contributed by atoms with E-state index in [1.165, 1.54) is 0 Å². The zero-order valence-corrected chi connectivity index (χ0v) is 8.25. The van der Waals surface area contributed by atoms with Gasteiger partial charge in [-0.3, -0.25) is 0 Å². The molecule has 0 aliphatic heterocycles. The molecule has 0 fully saturated rings. The highest BCUT2D eigenvalue weighted by molar-refractivity contribution is 5.26. The van der Waals surface area contributed by atoms with Gasteiger partial charge in [0.05, 0.1) is 0 Å². The van der Waals surface area contributed by atoms with Crippen molar-refractivity contribution in [3.8, 4) is 0 Å². The van der Waals surface area contributed by atoms with E-state index in [4.69, 9.17) is 0 Å². The standard InChI is InChI=1S/C13H15F/c14-13-10-6-2-5-9-12(13)11-7-3-1-4-8-11/h1,3-4,7-8,10,12H,2,5-6,9H2. The largest absolute Gasteiger partial charge is 0.212 e. The summed E-state index contributed by atoms with van der Waals surface area (Å²) in [6.45, 7) is 0. The highest BCUT2D eigenvalue weighted by atomic mass is 19.1. The van der Waals surface area contributed by atoms with E-state index in [1.54, 1.807) is 6.08 Å². The van der Waals surface area contributed by atoms with Crippen molar-refractivity contribution in [3.63, 3.8) is 0 Å². The van der Waals surface area contributed by atoms with Crippen molar-refractivity contribution in [1.82, 2.24) is 0 Å². The van der Waals surface area contributed by atoms with Crippen LogP contribution in [-0.4, -0.2) is 0 Å². The number of hydrogen-bond acceptors (Lipinski definition) is 0. The molecule has 0 heterocycles. The van der Waals surface area contributed by atoms with Gasteiger partial charge in [0, 0.05) is 5.92 Å². The summed E-state index contributed by atoms with van der Waals surface area (Å²) in [7, 11) is 0. The predicted molar refractivity (Wildman–Crippen MR) is 56.8 cm³/mol. The van der Waals surface area contributed by atoms with Crippen molar-refractivity contribution < 1.29 is 4.39 Å². The molecule has 14 heavy (non-hydrogen) atoms. The zero-order chi connectivity index (χ0) is 9.80. The van der Waals surface area contributed by atoms with Crippen LogP contribution in [0.2, 0.25) is 0 Å². The quantitative estimate of drug-likeness (QED) is 0.622. The van der Waals surface area contributed by atoms with Gasteiger partial charge in [0.15, 0.2) is 0 Å². The fourth-order valence-corrected chi connectivity index (χ4v) is 2.02. The van der Waals surface area contributed by atoms with Crippen LogP contribution in [0, 0.1) is 0 Å². The van der Waals surface area contributed by atoms with Gasteiger partial charge in [-0.2, -0.15) is 0 Å². The van der Waals surface area contributed by atoms with E-state index in [1.807, 2.05) is 30.3 Å². The Bertz CT molecular complexity index is 313. The average molecular weight is 190 g/mol. The zero-order valence-electron chi connectivity index (χ0n) is 8.25. The molecule has 1 heteroatoms. The summed E-state index contributed by atoms with van der Waals surface area (Å²) >= 11 is 0. The molecule has 1 aliphatic carbocycles. The molecule has 1 atom stereocenters. The maximum absolute atomic E-state index is 13.7. The lowest BCUT2D eigenvalue weighted by molar-refractivity contribution is 0.521. The minimum atomic E-state index is 0.0127. The summed E-state index contributed by atoms with van der Waals surface area (Å²) in [5.74, 6) is 0.0763. The molecule has 74 valence electrons. The van der Waals surface area contributed by atoms with Crippen LogP contribution in [0.4, 0.5) is 4.39 Å². The molecule has 1 aromatic rings. The summed E-state index contributed by atoms with van der Waals surface area (Å²) in [6, 6.07) is 9.97. The van der Waals surface area contributed by atoms with Crippen LogP contribution in [0.5, 0.6) is 0 Å². The van der Waals surface area contributed by atoms with E-state index in [0.717, 1.165) is 31.2 Å². The molecule has 0 bridgehead atoms. The first-order chi connectivity index (χ1) is 6.88. The molecule has 1 aliphatic rings. The Morgan fingerprint density at radius 1 is 1.07 bits per heavy atom. The summed E-state index contributed by atoms with van der Waals surface area (Å²) in [6.07, 6.45) is 5.85. The van der Waals surface area contributed by atoms with Gasteiger partial charge in [0.1, 0.15) is 5.83 Å². The number of allylic oxidation sites excluding steroid dienone is 2. The van der Waals surface area contributed by atoms with Crippen LogP contribution in [0.1, 0.15) is 37.2 Å². The maximum Gasteiger partial charge on any atom is 0.103 e. The van der Waals surface area contributed by atoms with Gasteiger partial charge in [-0.05, 0) is 24.8 Å². The summed E-state index contributed by atoms with van der Waals surface area (Å²) in [5, 5.41) is 0. The SMILES string of the molecule is FC1=CCCCCC1c1ccccc1. The topological polar surface area (TPSA) is 0 Å². The van der Waals surface area contributed by atoms with E-state index in [-0.39, 0.29) is 11.7 Å². The molecular weight excluding hydrogens is 175 g/mol. The third kappa shape index (κ3) is 2.03. The molecule has 0 amide bonds. The molecule has 0 saturated heterocycles. The van der Waals surface area contributed by atoms with E-state index >= 15 is 0 Å². The van der Waals surface area contributed by atoms with Crippen LogP contribution in [0.15, 0.2) is 42.2 Å². The third-order valence-electron chi connectivity index (χ3n) is 2.82. The van der Waals surface area contributed by atoms with Crippen molar-refractivity contribution in [2.75, 3.05) is 0 Å². The van der Waals surface area contributed by atoms with Gasteiger partial charge >= 0.3 is 0 Å². The molecule has 0 spiro atoms. The van der Waals surface area contributed by atoms with E-state index in [0.29, 0.717) is 0 Å². The fraction of sp³-hybridized carbons (Fsp3) is 0.385. The summed E-state index contributed by atoms with van der Waals surface area (Å²) in [4.78, 5) is 0. The molecule has 1 unspecified atom stereocenters. The van der Waals surface area contributed by atoms with Crippen LogP contribution in [0.25, 0.3) is 0 Å². The fourth-order valence-electron chi connectivity index (χ4n) is 2.02. The Labute approximate surface area is 84.5 Å². The lowest BCUT2D eigenvalue weighted by Crippen LogP contribution is -1.97. The van der Waals surface area contributed by atoms with Crippen LogP contribution in [-0.2, 0) is 0 Å². The minimum Gasteiger partial charge on any atom is -0.212 e. The van der Waals surface area contributed by atoms with Crippen LogP contribution < -0.4 is 0 Å². The highest BCUT2D eigenvalue weighted by Crippen LogP contribution is 2.33. The Hall–Kier alpha value is -1.11. The van der Waals surface area contributed by atoms with Crippen molar-refractivity contribution in [1.29, 1.82) is 0 Å². The first-order valence-electron chi connectivity index (χ1n) is 5.28. The molecule has 0 N–H and O–H groups in total. The van der Waals surface area contributed by atoms with Gasteiger partial charge in [-0.1, -0.05) is 42.8 Å². The van der Waals surface area contributed by atoms with Gasteiger partial charge in [0.25, 0.3) is 0 Å². The van der Waals surface area contributed by atoms with Crippen molar-refractivity contribution in [2.24, 2.45) is 0 Å². The second kappa shape index (κ2) is 4.41. The Morgan fingerprint density at radius 3 is 2.64 bits per heavy atom. The Morgan fingerprint density at radius 2 is 1.86 bits per heavy atom. The van der Waals surface area contributed by atoms with E-state index in [9.17, 15) is 4.39 Å². The molecule has 0 radical (unpaired) electrons. The molecule has 0 nitrogen and oxygen atoms in total. The van der Waals surface area contributed by atoms with Gasteiger partial charge < -0.3 is 0 Å². The monoisotopic (exact) mass is 190 g/mol. The lowest BCUT2D eigenvalue weighted by Gasteiger charge is -2.13. The minimum absolute atomic E-state index is 0.0127. The summed E-state index contributed by atoms with van der Waals surface area (Å²) < 4.78 is 13.7. The summed E-state index contributed by atoms with van der Waals surface area (Å²) in [5.41, 5.74) is 1.11. The van der Waals surface area contributed by atoms with Crippen LogP contribution in [0.3, 0.4) is 0 Å². The van der Waals surface area contributed by atoms with Crippen molar-refractivity contribution in [2.45, 2.75) is 31.6 Å². The van der Waals surface area contributed by atoms with Gasteiger partial charge in [-0.25, -0.2) is 4.39 Å². The molecular formula is C13H15F. The number of halogens is 1. The van der Waals surface area contributed by atoms with Gasteiger partial charge in [-0.15, -0.1) is 0 Å². The number of benzene rings is 1. The Kier molecular flexibility index (Phi) is 2.97. The van der Waals surface area contributed by atoms with Crippen molar-refractivity contribution >= 4 is 0 Å². The van der Waals surface area contributed by atoms with Crippen LogP contribution >= 0.6 is 0 Å². The average Bonchev–Trinajstić information content (AvgIpc) is 2.44. The highest BCUT2D eigenvalue weighted by Gasteiger charge is 2.17. The molecule has 0 saturated carbocycles. The third-order valence-corrected chi connectivity index (χ3v) is 2.82. The second-order valence-corrected chi connectivity index (χ2v) is 3.84. The first-order valence-corrected chi connectivity index (χ1v) is 5.28. The number of hydrogen-bond donors (Lipinski definition) is 0. The smallest absolute Gasteiger partial charge is 0.103 e. The molecule has 2 rings (SSSR count). The van der Waals surface area contributed by atoms with E-state index < -0.39 is 0 Å². The van der Waals surface area contributed by atoms with Crippen molar-refractivity contribution in [3.05, 3.63) is 47.8 Å². The first kappa shape index (κ1) is 9.45. The molecule has 0 aromatic heterocycles. The van der Waals surface area contributed by atoms with Gasteiger partial charge in [0.2, 0.25) is 0 Å². The molecule has 1 aromatic carbocycles. The normalized spacial score (nSPS) is 22.6. The number of rotatable bonds is 1. The lowest BCUT2D eigenvalue weighted by atomic mass is 9.94. The van der Waals surface area contributed by atoms with E-state index in [2.05, 4.69) is 0 Å². The maximum atomic E-state index is 13.7. The second-order valence-electron chi connectivity index (χ2n) is 3.84.